The normalized spacial score (nSPS) is 21.8. The fourth-order valence-corrected chi connectivity index (χ4v) is 4.13. The highest BCUT2D eigenvalue weighted by molar-refractivity contribution is 7.91. The summed E-state index contributed by atoms with van der Waals surface area (Å²) in [6.45, 7) is 2.03. The number of halogens is 1. The summed E-state index contributed by atoms with van der Waals surface area (Å²) in [6.07, 6.45) is 7.64. The van der Waals surface area contributed by atoms with Crippen molar-refractivity contribution in [2.45, 2.75) is 43.2 Å². The monoisotopic (exact) mass is 295 g/mol. The van der Waals surface area contributed by atoms with Crippen molar-refractivity contribution >= 4 is 9.84 Å². The van der Waals surface area contributed by atoms with Crippen LogP contribution in [-0.4, -0.2) is 20.2 Å². The number of fused-ring (bicyclic) bond motifs is 1. The third-order valence-electron chi connectivity index (χ3n) is 3.54. The first-order valence-electron chi connectivity index (χ1n) is 6.72. The molecule has 0 amide bonds. The number of nitrogens with one attached hydrogen (secondary N) is 1. The van der Waals surface area contributed by atoms with Crippen molar-refractivity contribution in [3.63, 3.8) is 0 Å². The largest absolute Gasteiger partial charge is 0.297 e. The Kier molecular flexibility index (Phi) is 4.46. The Morgan fingerprint density at radius 2 is 2.30 bits per heavy atom. The van der Waals surface area contributed by atoms with Gasteiger partial charge >= 0.3 is 0 Å². The lowest BCUT2D eigenvalue weighted by Gasteiger charge is -2.28. The smallest absolute Gasteiger partial charge is 0.178 e. The summed E-state index contributed by atoms with van der Waals surface area (Å²) in [4.78, 5) is 0.218. The van der Waals surface area contributed by atoms with Crippen LogP contribution in [0.1, 0.15) is 37.8 Å². The van der Waals surface area contributed by atoms with E-state index < -0.39 is 15.7 Å². The van der Waals surface area contributed by atoms with Gasteiger partial charge in [-0.1, -0.05) is 19.3 Å². The van der Waals surface area contributed by atoms with Crippen LogP contribution in [0.5, 0.6) is 0 Å². The molecule has 1 aliphatic heterocycles. The lowest BCUT2D eigenvalue weighted by Crippen LogP contribution is -2.36. The maximum absolute atomic E-state index is 13.4. The molecule has 0 fully saturated rings. The van der Waals surface area contributed by atoms with Gasteiger partial charge in [-0.15, -0.1) is 6.42 Å². The van der Waals surface area contributed by atoms with Gasteiger partial charge in [0.15, 0.2) is 9.84 Å². The first kappa shape index (κ1) is 15.0. The Morgan fingerprint density at radius 1 is 1.55 bits per heavy atom. The van der Waals surface area contributed by atoms with Crippen LogP contribution in [0.15, 0.2) is 23.1 Å². The van der Waals surface area contributed by atoms with Crippen LogP contribution < -0.4 is 5.32 Å². The molecule has 2 unspecified atom stereocenters. The fourth-order valence-electron chi connectivity index (χ4n) is 2.53. The van der Waals surface area contributed by atoms with Crippen LogP contribution >= 0.6 is 0 Å². The highest BCUT2D eigenvalue weighted by Crippen LogP contribution is 2.33. The number of hydrogen-bond acceptors (Lipinski definition) is 3. The summed E-state index contributed by atoms with van der Waals surface area (Å²) >= 11 is 0. The summed E-state index contributed by atoms with van der Waals surface area (Å²) in [7, 11) is -3.30. The van der Waals surface area contributed by atoms with Gasteiger partial charge in [0.25, 0.3) is 0 Å². The van der Waals surface area contributed by atoms with Gasteiger partial charge in [0.1, 0.15) is 5.82 Å². The van der Waals surface area contributed by atoms with Crippen LogP contribution in [0.25, 0.3) is 0 Å². The predicted molar refractivity (Wildman–Crippen MR) is 76.5 cm³/mol. The van der Waals surface area contributed by atoms with Crippen molar-refractivity contribution in [2.24, 2.45) is 0 Å². The van der Waals surface area contributed by atoms with E-state index in [-0.39, 0.29) is 22.7 Å². The Labute approximate surface area is 119 Å². The molecule has 0 bridgehead atoms. The molecule has 5 heteroatoms. The van der Waals surface area contributed by atoms with Gasteiger partial charge in [0, 0.05) is 6.04 Å². The Morgan fingerprint density at radius 3 is 2.95 bits per heavy atom. The predicted octanol–water partition coefficient (Wildman–Crippen LogP) is 2.44. The maximum Gasteiger partial charge on any atom is 0.178 e. The van der Waals surface area contributed by atoms with Crippen molar-refractivity contribution in [1.29, 1.82) is 0 Å². The van der Waals surface area contributed by atoms with Gasteiger partial charge in [-0.2, -0.15) is 0 Å². The van der Waals surface area contributed by atoms with Gasteiger partial charge in [-0.05, 0) is 36.6 Å². The molecule has 0 aromatic heterocycles. The van der Waals surface area contributed by atoms with E-state index in [4.69, 9.17) is 6.42 Å². The Hall–Kier alpha value is -1.38. The van der Waals surface area contributed by atoms with E-state index >= 15 is 0 Å². The van der Waals surface area contributed by atoms with Crippen LogP contribution in [-0.2, 0) is 9.84 Å². The zero-order chi connectivity index (χ0) is 14.8. The van der Waals surface area contributed by atoms with Crippen molar-refractivity contribution < 1.29 is 12.8 Å². The third kappa shape index (κ3) is 3.02. The zero-order valence-corrected chi connectivity index (χ0v) is 12.2. The molecular weight excluding hydrogens is 277 g/mol. The molecule has 0 radical (unpaired) electrons. The van der Waals surface area contributed by atoms with Crippen LogP contribution in [0.3, 0.4) is 0 Å². The van der Waals surface area contributed by atoms with Crippen molar-refractivity contribution in [1.82, 2.24) is 5.32 Å². The highest BCUT2D eigenvalue weighted by Gasteiger charge is 2.31. The second-order valence-corrected chi connectivity index (χ2v) is 7.09. The van der Waals surface area contributed by atoms with E-state index in [0.29, 0.717) is 12.0 Å². The summed E-state index contributed by atoms with van der Waals surface area (Å²) in [6, 6.07) is 3.49. The van der Waals surface area contributed by atoms with Gasteiger partial charge < -0.3 is 0 Å². The number of terminal acetylenes is 1. The molecule has 1 aromatic carbocycles. The number of sulfone groups is 1. The van der Waals surface area contributed by atoms with Crippen LogP contribution in [0, 0.1) is 18.2 Å². The maximum atomic E-state index is 13.4. The standard InChI is InChI=1S/C15H18FNO2S/c1-3-5-12(4-2)17-14-8-9-20(18,19)15-7-6-11(16)10-13(14)15/h2,6-7,10,12,14,17H,3,5,8-9H2,1H3. The second-order valence-electron chi connectivity index (χ2n) is 5.02. The molecule has 2 rings (SSSR count). The summed E-state index contributed by atoms with van der Waals surface area (Å²) in [5.41, 5.74) is 0.493. The van der Waals surface area contributed by atoms with E-state index in [9.17, 15) is 12.8 Å². The summed E-state index contributed by atoms with van der Waals surface area (Å²) in [5, 5.41) is 3.26. The van der Waals surface area contributed by atoms with E-state index in [1.807, 2.05) is 6.92 Å². The van der Waals surface area contributed by atoms with Crippen molar-refractivity contribution in [2.75, 3.05) is 5.75 Å². The number of hydrogen-bond donors (Lipinski definition) is 1. The molecule has 0 saturated heterocycles. The SMILES string of the molecule is C#CC(CCC)NC1CCS(=O)(=O)c2ccc(F)cc21. The Bertz CT molecular complexity index is 634. The minimum atomic E-state index is -3.30. The molecular formula is C15H18FNO2S. The van der Waals surface area contributed by atoms with E-state index in [1.54, 1.807) is 0 Å². The lowest BCUT2D eigenvalue weighted by atomic mass is 10.0. The highest BCUT2D eigenvalue weighted by atomic mass is 32.2. The first-order chi connectivity index (χ1) is 9.47. The quantitative estimate of drug-likeness (QED) is 0.685. The molecule has 1 aliphatic rings. The van der Waals surface area contributed by atoms with Crippen molar-refractivity contribution in [3.05, 3.63) is 29.6 Å². The van der Waals surface area contributed by atoms with E-state index in [0.717, 1.165) is 12.8 Å². The van der Waals surface area contributed by atoms with Gasteiger partial charge in [-0.25, -0.2) is 12.8 Å². The first-order valence-corrected chi connectivity index (χ1v) is 8.37. The number of rotatable bonds is 4. The minimum Gasteiger partial charge on any atom is -0.297 e. The topological polar surface area (TPSA) is 46.2 Å². The molecule has 1 aromatic rings. The third-order valence-corrected chi connectivity index (χ3v) is 5.35. The molecule has 1 heterocycles. The van der Waals surface area contributed by atoms with Gasteiger partial charge in [0.05, 0.1) is 16.7 Å². The van der Waals surface area contributed by atoms with E-state index in [1.165, 1.54) is 18.2 Å². The van der Waals surface area contributed by atoms with Gasteiger partial charge in [0.2, 0.25) is 0 Å². The second kappa shape index (κ2) is 5.94. The molecule has 20 heavy (non-hydrogen) atoms. The molecule has 108 valence electrons. The van der Waals surface area contributed by atoms with Gasteiger partial charge in [-0.3, -0.25) is 5.32 Å². The summed E-state index contributed by atoms with van der Waals surface area (Å²) < 4.78 is 37.5. The molecule has 3 nitrogen and oxygen atoms in total. The van der Waals surface area contributed by atoms with Crippen LogP contribution in [0.4, 0.5) is 4.39 Å². The molecule has 0 spiro atoms. The average molecular weight is 295 g/mol. The van der Waals surface area contributed by atoms with Crippen LogP contribution in [0.2, 0.25) is 0 Å². The lowest BCUT2D eigenvalue weighted by molar-refractivity contribution is 0.443. The summed E-state index contributed by atoms with van der Waals surface area (Å²) in [5.74, 6) is 2.29. The number of benzene rings is 1. The minimum absolute atomic E-state index is 0.0622. The van der Waals surface area contributed by atoms with Crippen molar-refractivity contribution in [3.8, 4) is 12.3 Å². The molecule has 0 saturated carbocycles. The molecule has 2 atom stereocenters. The average Bonchev–Trinajstić information content (AvgIpc) is 2.41. The molecule has 0 aliphatic carbocycles. The zero-order valence-electron chi connectivity index (χ0n) is 11.4. The Balaban J connectivity index is 2.35. The van der Waals surface area contributed by atoms with E-state index in [2.05, 4.69) is 11.2 Å². The molecule has 1 N–H and O–H groups in total. The fraction of sp³-hybridized carbons (Fsp3) is 0.467.